The molecule has 9 aromatic rings. The summed E-state index contributed by atoms with van der Waals surface area (Å²) >= 11 is 3.84. The number of rotatable bonds is 6. The van der Waals surface area contributed by atoms with Crippen LogP contribution in [0.15, 0.2) is 186 Å². The maximum atomic E-state index is 3.84. The Morgan fingerprint density at radius 3 is 1.68 bits per heavy atom. The molecule has 0 atom stereocenters. The zero-order chi connectivity index (χ0) is 38.8. The molecule has 0 unspecified atom stereocenters. The van der Waals surface area contributed by atoms with Crippen LogP contribution in [0.1, 0.15) is 27.8 Å². The van der Waals surface area contributed by atoms with Crippen LogP contribution in [0.4, 0.5) is 17.1 Å². The summed E-state index contributed by atoms with van der Waals surface area (Å²) in [6.07, 6.45) is 0. The third-order valence-electron chi connectivity index (χ3n) is 10.9. The largest absolute Gasteiger partial charge is 0.310 e. The molecule has 1 aromatic heterocycles. The third kappa shape index (κ3) is 6.84. The van der Waals surface area contributed by atoms with Crippen molar-refractivity contribution in [2.45, 2.75) is 34.6 Å². The predicted molar refractivity (Wildman–Crippen MR) is 244 cm³/mol. The van der Waals surface area contributed by atoms with Gasteiger partial charge in [-0.1, -0.05) is 149 Å². The first-order chi connectivity index (χ1) is 27.3. The van der Waals surface area contributed by atoms with E-state index in [4.69, 9.17) is 0 Å². The smallest absolute Gasteiger partial charge is 0.0579 e. The van der Waals surface area contributed by atoms with Crippen molar-refractivity contribution in [3.63, 3.8) is 0 Å². The van der Waals surface area contributed by atoms with Gasteiger partial charge in [-0.2, -0.15) is 0 Å². The second-order valence-electron chi connectivity index (χ2n) is 14.5. The van der Waals surface area contributed by atoms with Crippen molar-refractivity contribution in [3.05, 3.63) is 214 Å². The molecule has 9 rings (SSSR count). The summed E-state index contributed by atoms with van der Waals surface area (Å²) in [5, 5.41) is 2.55. The average molecular weight is 790 g/mol. The van der Waals surface area contributed by atoms with E-state index in [2.05, 4.69) is 224 Å². The van der Waals surface area contributed by atoms with Crippen LogP contribution >= 0.6 is 15.9 Å². The molecule has 0 fully saturated rings. The van der Waals surface area contributed by atoms with Crippen LogP contribution in [0.25, 0.3) is 49.7 Å². The predicted octanol–water partition coefficient (Wildman–Crippen LogP) is 15.6. The van der Waals surface area contributed by atoms with E-state index in [1.807, 2.05) is 18.2 Å². The summed E-state index contributed by atoms with van der Waals surface area (Å²) < 4.78 is 3.54. The summed E-state index contributed by atoms with van der Waals surface area (Å²) in [6, 6.07) is 64.7. The van der Waals surface area contributed by atoms with E-state index in [0.29, 0.717) is 0 Å². The first-order valence-corrected chi connectivity index (χ1v) is 20.0. The highest BCUT2D eigenvalue weighted by Crippen LogP contribution is 2.47. The Morgan fingerprint density at radius 2 is 1.04 bits per heavy atom. The number of nitrogens with zero attached hydrogens (tertiary/aromatic N) is 2. The van der Waals surface area contributed by atoms with Gasteiger partial charge in [0.2, 0.25) is 0 Å². The maximum Gasteiger partial charge on any atom is 0.0579 e. The number of benzene rings is 8. The monoisotopic (exact) mass is 788 g/mol. The molecule has 274 valence electrons. The lowest BCUT2D eigenvalue weighted by molar-refractivity contribution is 1.16. The van der Waals surface area contributed by atoms with Gasteiger partial charge in [0.15, 0.2) is 0 Å². The minimum absolute atomic E-state index is 1.07. The zero-order valence-electron chi connectivity index (χ0n) is 32.6. The van der Waals surface area contributed by atoms with Crippen molar-refractivity contribution in [1.29, 1.82) is 0 Å². The normalized spacial score (nSPS) is 11.0. The molecule has 0 aliphatic heterocycles. The molecule has 0 bridgehead atoms. The molecular formula is C53H45BrN2. The highest BCUT2D eigenvalue weighted by molar-refractivity contribution is 9.10. The molecule has 0 spiro atoms. The van der Waals surface area contributed by atoms with E-state index in [0.717, 1.165) is 38.3 Å². The molecule has 1 heterocycles. The Balaban J connectivity index is 0.000000570. The van der Waals surface area contributed by atoms with Gasteiger partial charge in [0.05, 0.1) is 16.7 Å². The van der Waals surface area contributed by atoms with E-state index in [1.54, 1.807) is 0 Å². The summed E-state index contributed by atoms with van der Waals surface area (Å²) in [4.78, 5) is 2.40. The van der Waals surface area contributed by atoms with Crippen molar-refractivity contribution < 1.29 is 0 Å². The fourth-order valence-corrected chi connectivity index (χ4v) is 8.64. The minimum atomic E-state index is 1.07. The molecule has 3 heteroatoms. The first kappa shape index (κ1) is 36.8. The number of hydrogen-bond donors (Lipinski definition) is 0. The molecule has 0 aliphatic rings. The fourth-order valence-electron chi connectivity index (χ4n) is 8.14. The quantitative estimate of drug-likeness (QED) is 0.163. The molecule has 0 N–H and O–H groups in total. The molecule has 8 aromatic carbocycles. The molecular weight excluding hydrogens is 745 g/mol. The second kappa shape index (κ2) is 15.9. The van der Waals surface area contributed by atoms with Crippen molar-refractivity contribution in [3.8, 4) is 27.9 Å². The lowest BCUT2D eigenvalue weighted by Crippen LogP contribution is -2.11. The van der Waals surface area contributed by atoms with Gasteiger partial charge in [-0.15, -0.1) is 0 Å². The number of fused-ring (bicyclic) bond motifs is 3. The maximum absolute atomic E-state index is 3.84. The van der Waals surface area contributed by atoms with Gasteiger partial charge in [0.1, 0.15) is 0 Å². The van der Waals surface area contributed by atoms with E-state index >= 15 is 0 Å². The average Bonchev–Trinajstić information content (AvgIpc) is 3.58. The van der Waals surface area contributed by atoms with Crippen LogP contribution in [-0.2, 0) is 0 Å². The van der Waals surface area contributed by atoms with Crippen LogP contribution in [0.3, 0.4) is 0 Å². The van der Waals surface area contributed by atoms with Crippen molar-refractivity contribution in [2.24, 2.45) is 0 Å². The third-order valence-corrected chi connectivity index (χ3v) is 11.6. The van der Waals surface area contributed by atoms with Gasteiger partial charge in [-0.3, -0.25) is 0 Å². The summed E-state index contributed by atoms with van der Waals surface area (Å²) in [5.41, 5.74) is 18.5. The highest BCUT2D eigenvalue weighted by atomic mass is 79.9. The summed E-state index contributed by atoms with van der Waals surface area (Å²) in [6.45, 7) is 11.2. The lowest BCUT2D eigenvalue weighted by atomic mass is 9.87. The number of aryl methyl sites for hydroxylation is 4. The van der Waals surface area contributed by atoms with Gasteiger partial charge in [0.25, 0.3) is 0 Å². The van der Waals surface area contributed by atoms with E-state index < -0.39 is 0 Å². The topological polar surface area (TPSA) is 8.17 Å². The molecule has 0 amide bonds. The van der Waals surface area contributed by atoms with Gasteiger partial charge in [0, 0.05) is 37.9 Å². The first-order valence-electron chi connectivity index (χ1n) is 19.2. The van der Waals surface area contributed by atoms with Gasteiger partial charge in [-0.05, 0) is 128 Å². The van der Waals surface area contributed by atoms with Crippen molar-refractivity contribution in [2.75, 3.05) is 4.90 Å². The molecule has 2 nitrogen and oxygen atoms in total. The molecule has 56 heavy (non-hydrogen) atoms. The number of hydrogen-bond acceptors (Lipinski definition) is 1. The van der Waals surface area contributed by atoms with Crippen LogP contribution in [0, 0.1) is 34.6 Å². The number of para-hydroxylation sites is 3. The van der Waals surface area contributed by atoms with E-state index in [1.165, 1.54) is 60.8 Å². The zero-order valence-corrected chi connectivity index (χ0v) is 34.2. The van der Waals surface area contributed by atoms with Crippen molar-refractivity contribution >= 4 is 54.8 Å². The molecule has 0 saturated carbocycles. The van der Waals surface area contributed by atoms with Gasteiger partial charge < -0.3 is 9.47 Å². The summed E-state index contributed by atoms with van der Waals surface area (Å²) in [5.74, 6) is 0. The van der Waals surface area contributed by atoms with Crippen LogP contribution in [0.2, 0.25) is 0 Å². The van der Waals surface area contributed by atoms with Gasteiger partial charge >= 0.3 is 0 Å². The SMILES string of the molecule is Cc1ccccc1.Cc1ccccc1-c1c(C)c(C)c2c3cc(N(c4ccccc4)c4ccccc4-c4ccccc4Br)ccc3n(-c3ccccc3)c2c1C. The van der Waals surface area contributed by atoms with E-state index in [-0.39, 0.29) is 0 Å². The number of aromatic nitrogens is 1. The minimum Gasteiger partial charge on any atom is -0.310 e. The standard InChI is InChI=1S/C46H37BrN2.C7H8/c1-30-17-11-12-22-37(30)44-31(2)32(3)45-40-29-36(27-28-43(40)49(46(45)33(44)4)35-20-9-6-10-21-35)48(34-18-7-5-8-19-34)42-26-16-14-24-39(42)38-23-13-15-25-41(38)47;1-7-5-3-2-4-6-7/h5-29H,1-4H3;2-6H,1H3. The Labute approximate surface area is 339 Å². The van der Waals surface area contributed by atoms with E-state index in [9.17, 15) is 0 Å². The molecule has 0 aliphatic carbocycles. The van der Waals surface area contributed by atoms with Crippen molar-refractivity contribution in [1.82, 2.24) is 4.57 Å². The number of anilines is 3. The Hall–Kier alpha value is -6.16. The summed E-state index contributed by atoms with van der Waals surface area (Å²) in [7, 11) is 0. The molecule has 0 radical (unpaired) electrons. The Morgan fingerprint density at radius 1 is 0.464 bits per heavy atom. The number of halogens is 1. The molecule has 0 saturated heterocycles. The highest BCUT2D eigenvalue weighted by Gasteiger charge is 2.24. The van der Waals surface area contributed by atoms with Crippen LogP contribution in [0.5, 0.6) is 0 Å². The van der Waals surface area contributed by atoms with Crippen LogP contribution < -0.4 is 4.90 Å². The van der Waals surface area contributed by atoms with Crippen LogP contribution in [-0.4, -0.2) is 4.57 Å². The Kier molecular flexibility index (Phi) is 10.4. The van der Waals surface area contributed by atoms with Gasteiger partial charge in [-0.25, -0.2) is 0 Å². The second-order valence-corrected chi connectivity index (χ2v) is 15.3. The Bertz CT molecular complexity index is 2800. The lowest BCUT2D eigenvalue weighted by Gasteiger charge is -2.28. The fraction of sp³-hybridized carbons (Fsp3) is 0.0943.